The molecule has 178 valence electrons. The van der Waals surface area contributed by atoms with Crippen LogP contribution in [0.25, 0.3) is 0 Å². The summed E-state index contributed by atoms with van der Waals surface area (Å²) in [6.45, 7) is 1.74. The van der Waals surface area contributed by atoms with Crippen molar-refractivity contribution in [3.05, 3.63) is 52.5 Å². The monoisotopic (exact) mass is 488 g/mol. The third-order valence-electron chi connectivity index (χ3n) is 6.44. The van der Waals surface area contributed by atoms with Crippen LogP contribution in [0.5, 0.6) is 11.5 Å². The van der Waals surface area contributed by atoms with Gasteiger partial charge in [0.2, 0.25) is 11.8 Å². The van der Waals surface area contributed by atoms with E-state index >= 15 is 0 Å². The van der Waals surface area contributed by atoms with Gasteiger partial charge in [-0.15, -0.1) is 0 Å². The lowest BCUT2D eigenvalue weighted by molar-refractivity contribution is -0.154. The summed E-state index contributed by atoms with van der Waals surface area (Å²) < 4.78 is 5.12. The number of phenols is 1. The minimum Gasteiger partial charge on any atom is -0.504 e. The second-order valence-electron chi connectivity index (χ2n) is 8.35. The van der Waals surface area contributed by atoms with Crippen LogP contribution in [0.4, 0.5) is 5.69 Å². The topological polar surface area (TPSA) is 153 Å². The molecule has 34 heavy (non-hydrogen) atoms. The standard InChI is InChI=1S/C23H21ClN2O8/c1-10-3-5-12(8-13(10)24)26-20(30)17-18(21(26)31)23(22(32)33,9-16(28)29)25-19(17)11-4-6-14(27)15(7-11)34-2/h3-8,17-19,25,27H,9H2,1-2H3,(H,28,29)(H,32,33). The third kappa shape index (κ3) is 3.46. The molecule has 0 aliphatic carbocycles. The SMILES string of the molecule is COc1cc(C2NC(CC(=O)O)(C(=O)O)C3C(=O)N(c4ccc(C)c(Cl)c4)C(=O)C23)ccc1O. The Morgan fingerprint density at radius 3 is 2.44 bits per heavy atom. The van der Waals surface area contributed by atoms with Gasteiger partial charge in [-0.25, -0.2) is 4.90 Å². The molecule has 2 saturated heterocycles. The minimum absolute atomic E-state index is 0.0702. The van der Waals surface area contributed by atoms with Gasteiger partial charge in [-0.05, 0) is 42.3 Å². The van der Waals surface area contributed by atoms with Gasteiger partial charge >= 0.3 is 11.9 Å². The van der Waals surface area contributed by atoms with E-state index in [1.165, 1.54) is 37.4 Å². The summed E-state index contributed by atoms with van der Waals surface area (Å²) in [6.07, 6.45) is -0.934. The van der Waals surface area contributed by atoms with E-state index in [9.17, 15) is 34.5 Å². The van der Waals surface area contributed by atoms with Crippen molar-refractivity contribution < 1.29 is 39.2 Å². The van der Waals surface area contributed by atoms with Gasteiger partial charge in [0.1, 0.15) is 5.54 Å². The van der Waals surface area contributed by atoms with E-state index in [4.69, 9.17) is 16.3 Å². The van der Waals surface area contributed by atoms with Crippen molar-refractivity contribution in [2.45, 2.75) is 24.9 Å². The fourth-order valence-corrected chi connectivity index (χ4v) is 5.00. The lowest BCUT2D eigenvalue weighted by atomic mass is 9.77. The van der Waals surface area contributed by atoms with Crippen molar-refractivity contribution >= 4 is 41.0 Å². The van der Waals surface area contributed by atoms with Crippen LogP contribution in [0, 0.1) is 18.8 Å². The first-order chi connectivity index (χ1) is 16.0. The molecule has 11 heteroatoms. The number of methoxy groups -OCH3 is 1. The summed E-state index contributed by atoms with van der Waals surface area (Å²) in [4.78, 5) is 52.2. The van der Waals surface area contributed by atoms with Gasteiger partial charge < -0.3 is 20.1 Å². The highest BCUT2D eigenvalue weighted by molar-refractivity contribution is 6.32. The highest BCUT2D eigenvalue weighted by Gasteiger charge is 2.69. The summed E-state index contributed by atoms with van der Waals surface area (Å²) in [6, 6.07) is 7.69. The molecular weight excluding hydrogens is 468 g/mol. The number of carbonyl (C=O) groups is 4. The molecule has 0 saturated carbocycles. The summed E-state index contributed by atoms with van der Waals surface area (Å²) in [5.41, 5.74) is -1.02. The number of anilines is 1. The second-order valence-corrected chi connectivity index (χ2v) is 8.76. The second kappa shape index (κ2) is 8.30. The number of aliphatic carboxylic acids is 2. The molecule has 2 amide bonds. The molecule has 2 heterocycles. The van der Waals surface area contributed by atoms with Crippen LogP contribution in [-0.4, -0.2) is 51.7 Å². The number of nitrogens with zero attached hydrogens (tertiary/aromatic N) is 1. The maximum atomic E-state index is 13.6. The van der Waals surface area contributed by atoms with Crippen molar-refractivity contribution in [3.63, 3.8) is 0 Å². The number of phenolic OH excluding ortho intramolecular Hbond substituents is 1. The quantitative estimate of drug-likeness (QED) is 0.447. The number of hydrogen-bond donors (Lipinski definition) is 4. The van der Waals surface area contributed by atoms with Gasteiger partial charge in [-0.3, -0.25) is 24.5 Å². The Morgan fingerprint density at radius 1 is 1.15 bits per heavy atom. The average molecular weight is 489 g/mol. The first kappa shape index (κ1) is 23.5. The van der Waals surface area contributed by atoms with E-state index in [2.05, 4.69) is 5.32 Å². The molecule has 2 aromatic rings. The third-order valence-corrected chi connectivity index (χ3v) is 6.85. The summed E-state index contributed by atoms with van der Waals surface area (Å²) in [7, 11) is 1.32. The van der Waals surface area contributed by atoms with E-state index in [1.807, 2.05) is 0 Å². The molecule has 0 bridgehead atoms. The van der Waals surface area contributed by atoms with E-state index in [-0.39, 0.29) is 17.2 Å². The predicted molar refractivity (Wildman–Crippen MR) is 119 cm³/mol. The smallest absolute Gasteiger partial charge is 0.325 e. The molecule has 4 N–H and O–H groups in total. The highest BCUT2D eigenvalue weighted by Crippen LogP contribution is 2.51. The normalized spacial score (nSPS) is 26.0. The highest BCUT2D eigenvalue weighted by atomic mass is 35.5. The van der Waals surface area contributed by atoms with Gasteiger partial charge in [0.15, 0.2) is 11.5 Å². The molecule has 2 fully saturated rings. The zero-order chi connectivity index (χ0) is 24.9. The first-order valence-electron chi connectivity index (χ1n) is 10.3. The number of imide groups is 1. The number of amides is 2. The summed E-state index contributed by atoms with van der Waals surface area (Å²) in [5.74, 6) is -7.37. The number of aryl methyl sites for hydroxylation is 1. The zero-order valence-electron chi connectivity index (χ0n) is 18.1. The molecular formula is C23H21ClN2O8. The van der Waals surface area contributed by atoms with E-state index < -0.39 is 53.6 Å². The molecule has 2 aliphatic heterocycles. The number of rotatable bonds is 6. The maximum absolute atomic E-state index is 13.6. The summed E-state index contributed by atoms with van der Waals surface area (Å²) >= 11 is 6.19. The minimum atomic E-state index is -2.25. The molecule has 0 aromatic heterocycles. The molecule has 0 radical (unpaired) electrons. The zero-order valence-corrected chi connectivity index (χ0v) is 18.9. The molecule has 4 atom stereocenters. The average Bonchev–Trinajstić information content (AvgIpc) is 3.24. The molecule has 0 spiro atoms. The van der Waals surface area contributed by atoms with Crippen LogP contribution in [0.15, 0.2) is 36.4 Å². The Hall–Kier alpha value is -3.63. The number of carboxylic acids is 2. The molecule has 4 unspecified atom stereocenters. The van der Waals surface area contributed by atoms with Crippen molar-refractivity contribution in [2.24, 2.45) is 11.8 Å². The van der Waals surface area contributed by atoms with Crippen LogP contribution >= 0.6 is 11.6 Å². The van der Waals surface area contributed by atoms with Crippen LogP contribution in [0.1, 0.15) is 23.6 Å². The van der Waals surface area contributed by atoms with Crippen molar-refractivity contribution in [1.29, 1.82) is 0 Å². The Morgan fingerprint density at radius 2 is 1.85 bits per heavy atom. The number of aromatic hydroxyl groups is 1. The van der Waals surface area contributed by atoms with Gasteiger partial charge in [0.05, 0.1) is 31.1 Å². The van der Waals surface area contributed by atoms with Crippen molar-refractivity contribution in [2.75, 3.05) is 12.0 Å². The molecule has 10 nitrogen and oxygen atoms in total. The van der Waals surface area contributed by atoms with Gasteiger partial charge in [-0.1, -0.05) is 23.7 Å². The van der Waals surface area contributed by atoms with Crippen molar-refractivity contribution in [3.8, 4) is 11.5 Å². The van der Waals surface area contributed by atoms with Gasteiger partial charge in [0.25, 0.3) is 0 Å². The Bertz CT molecular complexity index is 1230. The van der Waals surface area contributed by atoms with E-state index in [1.54, 1.807) is 13.0 Å². The Balaban J connectivity index is 1.89. The van der Waals surface area contributed by atoms with Crippen LogP contribution < -0.4 is 15.0 Å². The number of carbonyl (C=O) groups excluding carboxylic acids is 2. The number of halogens is 1. The number of fused-ring (bicyclic) bond motifs is 1. The summed E-state index contributed by atoms with van der Waals surface area (Å²) in [5, 5.41) is 32.6. The number of benzene rings is 2. The lowest BCUT2D eigenvalue weighted by Gasteiger charge is -2.30. The fraction of sp³-hybridized carbons (Fsp3) is 0.304. The molecule has 4 rings (SSSR count). The number of nitrogens with one attached hydrogen (secondary N) is 1. The van der Waals surface area contributed by atoms with Gasteiger partial charge in [-0.2, -0.15) is 0 Å². The molecule has 2 aromatic carbocycles. The lowest BCUT2D eigenvalue weighted by Crippen LogP contribution is -2.57. The van der Waals surface area contributed by atoms with E-state index in [0.29, 0.717) is 16.1 Å². The van der Waals surface area contributed by atoms with E-state index in [0.717, 1.165) is 4.90 Å². The van der Waals surface area contributed by atoms with Crippen molar-refractivity contribution in [1.82, 2.24) is 5.32 Å². The van der Waals surface area contributed by atoms with Crippen LogP contribution in [0.3, 0.4) is 0 Å². The molecule has 2 aliphatic rings. The van der Waals surface area contributed by atoms with Crippen LogP contribution in [-0.2, 0) is 19.2 Å². The van der Waals surface area contributed by atoms with Crippen LogP contribution in [0.2, 0.25) is 5.02 Å². The maximum Gasteiger partial charge on any atom is 0.325 e. The number of carboxylic acid groups (broad SMARTS) is 2. The Labute approximate surface area is 198 Å². The largest absolute Gasteiger partial charge is 0.504 e. The predicted octanol–water partition coefficient (Wildman–Crippen LogP) is 2.11. The number of ether oxygens (including phenoxy) is 1. The fourth-order valence-electron chi connectivity index (χ4n) is 4.83. The van der Waals surface area contributed by atoms with Gasteiger partial charge in [0, 0.05) is 11.1 Å². The number of hydrogen-bond acceptors (Lipinski definition) is 7. The first-order valence-corrected chi connectivity index (χ1v) is 10.6. The Kier molecular flexibility index (Phi) is 5.74.